The number of fused-ring (bicyclic) bond motifs is 2. The summed E-state index contributed by atoms with van der Waals surface area (Å²) < 4.78 is 53.1. The van der Waals surface area contributed by atoms with Crippen molar-refractivity contribution in [1.82, 2.24) is 24.6 Å². The number of nitrogens with two attached hydrogens (primary N) is 1. The number of nitrogens with zero attached hydrogens (tertiary/aromatic N) is 4. The number of thioether (sulfide) groups is 1. The molecule has 2 aliphatic heterocycles. The van der Waals surface area contributed by atoms with E-state index < -0.39 is 37.3 Å². The maximum absolute atomic E-state index is 16.2. The highest BCUT2D eigenvalue weighted by Gasteiger charge is 2.61. The van der Waals surface area contributed by atoms with E-state index in [1.807, 2.05) is 20.8 Å². The fourth-order valence-corrected chi connectivity index (χ4v) is 6.37. The fourth-order valence-electron chi connectivity index (χ4n) is 3.80. The maximum atomic E-state index is 16.2. The number of ether oxygens (including phenoxy) is 2. The van der Waals surface area contributed by atoms with Crippen molar-refractivity contribution in [3.8, 4) is 5.88 Å². The number of rotatable bonds is 7. The monoisotopic (exact) mass is 532 g/mol. The van der Waals surface area contributed by atoms with Crippen LogP contribution in [-0.2, 0) is 23.1 Å². The predicted molar refractivity (Wildman–Crippen MR) is 128 cm³/mol. The summed E-state index contributed by atoms with van der Waals surface area (Å²) in [5, 5.41) is 2.72. The van der Waals surface area contributed by atoms with E-state index in [-0.39, 0.29) is 35.7 Å². The number of alkyl halides is 1. The Balaban J connectivity index is 1.49. The number of carbonyl (C=O) groups is 1. The van der Waals surface area contributed by atoms with Crippen LogP contribution in [0.15, 0.2) is 6.33 Å². The Morgan fingerprint density at radius 2 is 2.20 bits per heavy atom. The number of anilines is 1. The number of imidazole rings is 1. The number of halogens is 1. The van der Waals surface area contributed by atoms with Gasteiger partial charge in [0, 0.05) is 17.7 Å². The number of nitrogens with one attached hydrogen (secondary N) is 1. The van der Waals surface area contributed by atoms with E-state index in [1.54, 1.807) is 6.92 Å². The van der Waals surface area contributed by atoms with Crippen LogP contribution >= 0.6 is 19.5 Å². The highest BCUT2D eigenvalue weighted by atomic mass is 32.2. The Hall–Kier alpha value is -1.83. The van der Waals surface area contributed by atoms with Gasteiger partial charge in [-0.2, -0.15) is 9.97 Å². The van der Waals surface area contributed by atoms with Crippen LogP contribution in [0.1, 0.15) is 40.8 Å². The second-order valence-electron chi connectivity index (χ2n) is 9.44. The minimum Gasteiger partial charge on any atom is -0.476 e. The zero-order valence-electron chi connectivity index (χ0n) is 20.2. The Kier molecular flexibility index (Phi) is 7.17. The van der Waals surface area contributed by atoms with E-state index in [2.05, 4.69) is 20.0 Å². The molecule has 15 heteroatoms. The largest absolute Gasteiger partial charge is 0.476 e. The molecular formula is C20H30FN6O6PS. The lowest BCUT2D eigenvalue weighted by molar-refractivity contribution is -0.117. The van der Waals surface area contributed by atoms with E-state index in [0.29, 0.717) is 17.9 Å². The first kappa shape index (κ1) is 26.2. The molecule has 35 heavy (non-hydrogen) atoms. The summed E-state index contributed by atoms with van der Waals surface area (Å²) in [7, 11) is -3.83. The second-order valence-corrected chi connectivity index (χ2v) is 12.3. The maximum Gasteiger partial charge on any atom is 0.406 e. The molecule has 0 aliphatic carbocycles. The molecule has 5 atom stereocenters. The van der Waals surface area contributed by atoms with Crippen LogP contribution in [0.5, 0.6) is 5.88 Å². The van der Waals surface area contributed by atoms with Crippen LogP contribution in [0.25, 0.3) is 11.2 Å². The van der Waals surface area contributed by atoms with E-state index in [4.69, 9.17) is 24.3 Å². The van der Waals surface area contributed by atoms with Gasteiger partial charge in [-0.1, -0.05) is 32.5 Å². The van der Waals surface area contributed by atoms with Gasteiger partial charge in [0.1, 0.15) is 12.2 Å². The Labute approximate surface area is 206 Å². The lowest BCUT2D eigenvalue weighted by atomic mass is 9.98. The van der Waals surface area contributed by atoms with Crippen molar-refractivity contribution in [2.45, 2.75) is 58.7 Å². The summed E-state index contributed by atoms with van der Waals surface area (Å²) in [6, 6.07) is 0. The summed E-state index contributed by atoms with van der Waals surface area (Å²) in [6.45, 7) is 8.93. The summed E-state index contributed by atoms with van der Waals surface area (Å²) in [6.07, 6.45) is -1.85. The van der Waals surface area contributed by atoms with Gasteiger partial charge in [-0.25, -0.2) is 19.0 Å². The van der Waals surface area contributed by atoms with Crippen molar-refractivity contribution >= 4 is 41.7 Å². The molecule has 2 saturated heterocycles. The number of hydrogen-bond donors (Lipinski definition) is 2. The predicted octanol–water partition coefficient (Wildman–Crippen LogP) is 2.85. The molecule has 4 rings (SSSR count). The van der Waals surface area contributed by atoms with E-state index in [9.17, 15) is 9.36 Å². The van der Waals surface area contributed by atoms with Crippen LogP contribution in [-0.4, -0.2) is 68.0 Å². The van der Waals surface area contributed by atoms with Crippen LogP contribution in [0.2, 0.25) is 0 Å². The number of aromatic nitrogens is 4. The van der Waals surface area contributed by atoms with E-state index in [1.165, 1.54) is 17.8 Å². The quantitative estimate of drug-likeness (QED) is 0.398. The third-order valence-electron chi connectivity index (χ3n) is 5.54. The molecule has 0 bridgehead atoms. The smallest absolute Gasteiger partial charge is 0.406 e. The average Bonchev–Trinajstić information content (AvgIpc) is 3.28. The first-order chi connectivity index (χ1) is 16.4. The van der Waals surface area contributed by atoms with Gasteiger partial charge < -0.3 is 15.2 Å². The van der Waals surface area contributed by atoms with Gasteiger partial charge in [-0.15, -0.1) is 0 Å². The van der Waals surface area contributed by atoms with Crippen LogP contribution in [0, 0.1) is 5.41 Å². The first-order valence-corrected chi connectivity index (χ1v) is 13.7. The van der Waals surface area contributed by atoms with Crippen LogP contribution < -0.4 is 15.6 Å². The molecular weight excluding hydrogens is 502 g/mol. The molecule has 12 nitrogen and oxygen atoms in total. The molecule has 0 saturated carbocycles. The molecule has 0 radical (unpaired) electrons. The molecule has 4 heterocycles. The topological polar surface area (TPSA) is 153 Å². The van der Waals surface area contributed by atoms with E-state index >= 15 is 4.39 Å². The number of nitrogen functional groups attached to an aromatic ring is 1. The number of hydrogen-bond acceptors (Lipinski definition) is 11. The summed E-state index contributed by atoms with van der Waals surface area (Å²) >= 11 is 1.12. The molecule has 0 amide bonds. The van der Waals surface area contributed by atoms with Gasteiger partial charge >= 0.3 is 7.75 Å². The summed E-state index contributed by atoms with van der Waals surface area (Å²) in [5.41, 5.74) is 3.75. The highest BCUT2D eigenvalue weighted by Crippen LogP contribution is 2.56. The van der Waals surface area contributed by atoms with Crippen LogP contribution in [0.4, 0.5) is 10.3 Å². The van der Waals surface area contributed by atoms with Gasteiger partial charge in [0.15, 0.2) is 28.2 Å². The molecule has 0 aromatic carbocycles. The summed E-state index contributed by atoms with van der Waals surface area (Å²) in [4.78, 5) is 24.5. The Bertz CT molecular complexity index is 1160. The first-order valence-electron chi connectivity index (χ1n) is 11.2. The van der Waals surface area contributed by atoms with Gasteiger partial charge in [0.25, 0.3) is 0 Å². The van der Waals surface area contributed by atoms with Gasteiger partial charge in [-0.3, -0.25) is 18.4 Å². The third-order valence-corrected chi connectivity index (χ3v) is 8.42. The second kappa shape index (κ2) is 9.56. The molecule has 2 aliphatic rings. The van der Waals surface area contributed by atoms with Crippen molar-refractivity contribution in [3.05, 3.63) is 6.33 Å². The van der Waals surface area contributed by atoms with E-state index in [0.717, 1.165) is 11.8 Å². The normalized spacial score (nSPS) is 31.0. The third kappa shape index (κ3) is 5.18. The van der Waals surface area contributed by atoms with Crippen molar-refractivity contribution in [1.29, 1.82) is 0 Å². The zero-order valence-corrected chi connectivity index (χ0v) is 21.9. The summed E-state index contributed by atoms with van der Waals surface area (Å²) in [5.74, 6) is 0.479. The lowest BCUT2D eigenvalue weighted by Crippen LogP contribution is -2.46. The Morgan fingerprint density at radius 3 is 2.89 bits per heavy atom. The van der Waals surface area contributed by atoms with Crippen molar-refractivity contribution in [2.75, 3.05) is 31.2 Å². The molecule has 2 aromatic heterocycles. The number of carbonyl (C=O) groups excluding carboxylic acids is 1. The minimum absolute atomic E-state index is 0.0102. The molecule has 194 valence electrons. The zero-order chi connectivity index (χ0) is 25.6. The van der Waals surface area contributed by atoms with Crippen molar-refractivity contribution in [3.63, 3.8) is 0 Å². The lowest BCUT2D eigenvalue weighted by Gasteiger charge is -2.34. The van der Waals surface area contributed by atoms with Gasteiger partial charge in [0.2, 0.25) is 11.8 Å². The SMILES string of the molecule is CCOc1nc(N)nc2c1ncn2C1OC2COP(=O)(NCCSC(=O)C(C)(C)C)OC2C1(C)F. The molecule has 2 fully saturated rings. The molecule has 0 spiro atoms. The van der Waals surface area contributed by atoms with Crippen molar-refractivity contribution < 1.29 is 32.3 Å². The highest BCUT2D eigenvalue weighted by molar-refractivity contribution is 8.13. The Morgan fingerprint density at radius 1 is 1.46 bits per heavy atom. The average molecular weight is 533 g/mol. The van der Waals surface area contributed by atoms with Crippen molar-refractivity contribution in [2.24, 2.45) is 5.41 Å². The fraction of sp³-hybridized carbons (Fsp3) is 0.700. The van der Waals surface area contributed by atoms with Gasteiger partial charge in [0.05, 0.1) is 19.5 Å². The van der Waals surface area contributed by atoms with Crippen LogP contribution in [0.3, 0.4) is 0 Å². The molecule has 3 N–H and O–H groups in total. The van der Waals surface area contributed by atoms with Gasteiger partial charge in [-0.05, 0) is 13.8 Å². The minimum atomic E-state index is -3.83. The standard InChI is InChI=1S/C20H30FN6O6PS/c1-6-30-15-12-14(25-18(22)26-15)27(10-23-12)16-20(5,21)13-11(32-16)9-31-34(29,33-13)24-7-8-35-17(28)19(2,3)4/h10-11,13,16H,6-9H2,1-5H3,(H,24,29)(H2,22,25,26). The molecule has 5 unspecified atom stereocenters. The molecule has 2 aromatic rings.